The highest BCUT2D eigenvalue weighted by atomic mass is 15.2. The first-order valence-corrected chi connectivity index (χ1v) is 7.55. The number of nitrogens with zero attached hydrogens (tertiary/aromatic N) is 1. The normalized spacial score (nSPS) is 27.7. The van der Waals surface area contributed by atoms with E-state index in [1.807, 2.05) is 0 Å². The van der Waals surface area contributed by atoms with E-state index in [0.717, 1.165) is 25.0 Å². The highest BCUT2D eigenvalue weighted by molar-refractivity contribution is 4.80. The summed E-state index contributed by atoms with van der Waals surface area (Å²) in [6.07, 6.45) is 9.92. The molecule has 2 aliphatic rings. The van der Waals surface area contributed by atoms with Crippen molar-refractivity contribution in [3.05, 3.63) is 0 Å². The highest BCUT2D eigenvalue weighted by Crippen LogP contribution is 2.24. The molecular weight excluding hydrogens is 210 g/mol. The fourth-order valence-corrected chi connectivity index (χ4v) is 3.42. The molecule has 2 fully saturated rings. The Morgan fingerprint density at radius 3 is 2.53 bits per heavy atom. The quantitative estimate of drug-likeness (QED) is 0.739. The maximum absolute atomic E-state index is 5.69. The summed E-state index contributed by atoms with van der Waals surface area (Å²) in [7, 11) is 0. The van der Waals surface area contributed by atoms with Gasteiger partial charge in [0.15, 0.2) is 0 Å². The van der Waals surface area contributed by atoms with Crippen LogP contribution in [-0.2, 0) is 0 Å². The number of likely N-dealkylation sites (tertiary alicyclic amines) is 1. The van der Waals surface area contributed by atoms with Crippen LogP contribution in [0.25, 0.3) is 0 Å². The van der Waals surface area contributed by atoms with Crippen molar-refractivity contribution < 1.29 is 0 Å². The molecule has 2 rings (SSSR count). The van der Waals surface area contributed by atoms with Crippen molar-refractivity contribution >= 4 is 0 Å². The predicted octanol–water partition coefficient (Wildman–Crippen LogP) is 1.58. The fraction of sp³-hybridized carbons (Fsp3) is 1.00. The molecule has 0 aromatic carbocycles. The monoisotopic (exact) mass is 239 g/mol. The first-order chi connectivity index (χ1) is 8.40. The molecule has 1 aliphatic heterocycles. The van der Waals surface area contributed by atoms with Gasteiger partial charge in [-0.15, -0.1) is 0 Å². The Morgan fingerprint density at radius 2 is 1.76 bits per heavy atom. The van der Waals surface area contributed by atoms with Gasteiger partial charge in [0.2, 0.25) is 0 Å². The van der Waals surface area contributed by atoms with Crippen LogP contribution in [0.5, 0.6) is 0 Å². The molecule has 1 atom stereocenters. The lowest BCUT2D eigenvalue weighted by atomic mass is 10.0. The van der Waals surface area contributed by atoms with E-state index in [1.54, 1.807) is 0 Å². The highest BCUT2D eigenvalue weighted by Gasteiger charge is 2.22. The van der Waals surface area contributed by atoms with E-state index in [-0.39, 0.29) is 0 Å². The van der Waals surface area contributed by atoms with Crippen LogP contribution >= 0.6 is 0 Å². The second-order valence-electron chi connectivity index (χ2n) is 5.78. The third-order valence-electron chi connectivity index (χ3n) is 4.45. The van der Waals surface area contributed by atoms with E-state index in [4.69, 9.17) is 5.73 Å². The maximum Gasteiger partial charge on any atom is 0.0221 e. The van der Waals surface area contributed by atoms with E-state index >= 15 is 0 Å². The van der Waals surface area contributed by atoms with Crippen molar-refractivity contribution in [1.82, 2.24) is 10.2 Å². The molecule has 17 heavy (non-hydrogen) atoms. The van der Waals surface area contributed by atoms with E-state index in [0.29, 0.717) is 0 Å². The first-order valence-electron chi connectivity index (χ1n) is 7.55. The molecule has 0 aromatic heterocycles. The predicted molar refractivity (Wildman–Crippen MR) is 73.1 cm³/mol. The second kappa shape index (κ2) is 7.34. The minimum Gasteiger partial charge on any atom is -0.329 e. The van der Waals surface area contributed by atoms with Crippen LogP contribution in [0.15, 0.2) is 0 Å². The molecule has 100 valence electrons. The SMILES string of the molecule is NCCN1CCCCC1CNCC1CCCC1. The molecule has 1 saturated heterocycles. The molecule has 3 N–H and O–H groups in total. The molecule has 0 spiro atoms. The minimum absolute atomic E-state index is 0.744. The van der Waals surface area contributed by atoms with Crippen LogP contribution in [-0.4, -0.2) is 43.7 Å². The third kappa shape index (κ3) is 4.23. The first kappa shape index (κ1) is 13.3. The van der Waals surface area contributed by atoms with E-state index in [9.17, 15) is 0 Å². The zero-order valence-electron chi connectivity index (χ0n) is 11.2. The van der Waals surface area contributed by atoms with Crippen LogP contribution < -0.4 is 11.1 Å². The molecule has 1 aliphatic carbocycles. The second-order valence-corrected chi connectivity index (χ2v) is 5.78. The summed E-state index contributed by atoms with van der Waals surface area (Å²) >= 11 is 0. The van der Waals surface area contributed by atoms with Gasteiger partial charge in [-0.05, 0) is 44.7 Å². The summed E-state index contributed by atoms with van der Waals surface area (Å²) in [5.74, 6) is 0.960. The Balaban J connectivity index is 1.64. The number of piperidine rings is 1. The van der Waals surface area contributed by atoms with Crippen molar-refractivity contribution in [1.29, 1.82) is 0 Å². The van der Waals surface area contributed by atoms with Gasteiger partial charge in [0.1, 0.15) is 0 Å². The Kier molecular flexibility index (Phi) is 5.75. The molecular formula is C14H29N3. The average Bonchev–Trinajstić information content (AvgIpc) is 2.85. The minimum atomic E-state index is 0.744. The van der Waals surface area contributed by atoms with Gasteiger partial charge in [-0.2, -0.15) is 0 Å². The van der Waals surface area contributed by atoms with Gasteiger partial charge >= 0.3 is 0 Å². The van der Waals surface area contributed by atoms with Crippen molar-refractivity contribution in [2.45, 2.75) is 51.0 Å². The molecule has 0 radical (unpaired) electrons. The summed E-state index contributed by atoms with van der Waals surface area (Å²) < 4.78 is 0. The zero-order valence-corrected chi connectivity index (χ0v) is 11.2. The molecule has 1 unspecified atom stereocenters. The summed E-state index contributed by atoms with van der Waals surface area (Å²) in [6.45, 7) is 5.56. The third-order valence-corrected chi connectivity index (χ3v) is 4.45. The Labute approximate surface area is 106 Å². The summed E-state index contributed by atoms with van der Waals surface area (Å²) in [5, 5.41) is 3.70. The van der Waals surface area contributed by atoms with Crippen LogP contribution in [0.2, 0.25) is 0 Å². The standard InChI is InChI=1S/C14H29N3/c15-8-10-17-9-4-3-7-14(17)12-16-11-13-5-1-2-6-13/h13-14,16H,1-12,15H2. The van der Waals surface area contributed by atoms with Gasteiger partial charge in [0.05, 0.1) is 0 Å². The summed E-state index contributed by atoms with van der Waals surface area (Å²) in [5.41, 5.74) is 5.69. The number of hydrogen-bond acceptors (Lipinski definition) is 3. The van der Waals surface area contributed by atoms with Crippen molar-refractivity contribution in [3.63, 3.8) is 0 Å². The molecule has 3 nitrogen and oxygen atoms in total. The lowest BCUT2D eigenvalue weighted by Crippen LogP contribution is -2.47. The lowest BCUT2D eigenvalue weighted by Gasteiger charge is -2.35. The smallest absolute Gasteiger partial charge is 0.0221 e. The van der Waals surface area contributed by atoms with Crippen molar-refractivity contribution in [2.75, 3.05) is 32.7 Å². The zero-order chi connectivity index (χ0) is 11.9. The average molecular weight is 239 g/mol. The number of rotatable bonds is 6. The topological polar surface area (TPSA) is 41.3 Å². The molecule has 0 bridgehead atoms. The van der Waals surface area contributed by atoms with Crippen LogP contribution in [0.4, 0.5) is 0 Å². The number of hydrogen-bond donors (Lipinski definition) is 2. The van der Waals surface area contributed by atoms with Crippen LogP contribution in [0.3, 0.4) is 0 Å². The summed E-state index contributed by atoms with van der Waals surface area (Å²) in [6, 6.07) is 0.744. The summed E-state index contributed by atoms with van der Waals surface area (Å²) in [4.78, 5) is 2.59. The van der Waals surface area contributed by atoms with Gasteiger partial charge < -0.3 is 11.1 Å². The lowest BCUT2D eigenvalue weighted by molar-refractivity contribution is 0.148. The molecule has 0 aromatic rings. The van der Waals surface area contributed by atoms with Gasteiger partial charge in [0, 0.05) is 25.7 Å². The van der Waals surface area contributed by atoms with Gasteiger partial charge in [-0.3, -0.25) is 4.90 Å². The van der Waals surface area contributed by atoms with E-state index in [1.165, 1.54) is 64.6 Å². The number of nitrogens with one attached hydrogen (secondary N) is 1. The number of nitrogens with two attached hydrogens (primary N) is 1. The fourth-order valence-electron chi connectivity index (χ4n) is 3.42. The Hall–Kier alpha value is -0.120. The van der Waals surface area contributed by atoms with Crippen molar-refractivity contribution in [2.24, 2.45) is 11.7 Å². The molecule has 3 heteroatoms. The molecule has 0 amide bonds. The largest absolute Gasteiger partial charge is 0.329 e. The molecule has 1 saturated carbocycles. The van der Waals surface area contributed by atoms with E-state index < -0.39 is 0 Å². The van der Waals surface area contributed by atoms with Gasteiger partial charge in [0.25, 0.3) is 0 Å². The molecule has 1 heterocycles. The Morgan fingerprint density at radius 1 is 1.00 bits per heavy atom. The van der Waals surface area contributed by atoms with Crippen LogP contribution in [0.1, 0.15) is 44.9 Å². The Bertz CT molecular complexity index is 200. The van der Waals surface area contributed by atoms with E-state index in [2.05, 4.69) is 10.2 Å². The van der Waals surface area contributed by atoms with Gasteiger partial charge in [-0.25, -0.2) is 0 Å². The van der Waals surface area contributed by atoms with Gasteiger partial charge in [-0.1, -0.05) is 19.3 Å². The van der Waals surface area contributed by atoms with Crippen LogP contribution in [0, 0.1) is 5.92 Å². The maximum atomic E-state index is 5.69. The van der Waals surface area contributed by atoms with Crippen molar-refractivity contribution in [3.8, 4) is 0 Å².